The fraction of sp³-hybridized carbons (Fsp3) is 0.348. The van der Waals surface area contributed by atoms with E-state index in [2.05, 4.69) is 32.0 Å². The van der Waals surface area contributed by atoms with Crippen molar-refractivity contribution in [1.82, 2.24) is 19.9 Å². The van der Waals surface area contributed by atoms with E-state index >= 15 is 0 Å². The minimum atomic E-state index is 0.465. The molecule has 7 nitrogen and oxygen atoms in total. The SMILES string of the molecule is COc1cc2[nH]c3c(N(Cc4ccncc4)C4CCCC4)ncnc3c2cc1OC. The molecule has 3 heterocycles. The number of aromatic amines is 1. The van der Waals surface area contributed by atoms with Crippen molar-refractivity contribution in [1.29, 1.82) is 0 Å². The maximum atomic E-state index is 5.50. The topological polar surface area (TPSA) is 76.2 Å². The summed E-state index contributed by atoms with van der Waals surface area (Å²) in [6, 6.07) is 8.55. The fourth-order valence-corrected chi connectivity index (χ4v) is 4.50. The highest BCUT2D eigenvalue weighted by molar-refractivity contribution is 6.09. The van der Waals surface area contributed by atoms with E-state index in [0.717, 1.165) is 34.3 Å². The number of hydrogen-bond donors (Lipinski definition) is 1. The van der Waals surface area contributed by atoms with Crippen LogP contribution in [0.1, 0.15) is 31.2 Å². The molecule has 0 bridgehead atoms. The van der Waals surface area contributed by atoms with Crippen molar-refractivity contribution in [3.8, 4) is 11.5 Å². The summed E-state index contributed by atoms with van der Waals surface area (Å²) in [6.45, 7) is 0.793. The molecule has 0 radical (unpaired) electrons. The molecule has 4 aromatic rings. The number of anilines is 1. The lowest BCUT2D eigenvalue weighted by molar-refractivity contribution is 0.356. The lowest BCUT2D eigenvalue weighted by Crippen LogP contribution is -2.33. The number of nitrogens with zero attached hydrogens (tertiary/aromatic N) is 4. The minimum Gasteiger partial charge on any atom is -0.493 e. The average molecular weight is 403 g/mol. The molecule has 1 fully saturated rings. The van der Waals surface area contributed by atoms with Crippen LogP contribution in [0.25, 0.3) is 21.9 Å². The number of pyridine rings is 1. The summed E-state index contributed by atoms with van der Waals surface area (Å²) in [5.74, 6) is 2.32. The molecule has 3 aromatic heterocycles. The van der Waals surface area contributed by atoms with Gasteiger partial charge in [-0.2, -0.15) is 0 Å². The molecular formula is C23H25N5O2. The smallest absolute Gasteiger partial charge is 0.162 e. The number of hydrogen-bond acceptors (Lipinski definition) is 6. The number of ether oxygens (including phenoxy) is 2. The largest absolute Gasteiger partial charge is 0.493 e. The summed E-state index contributed by atoms with van der Waals surface area (Å²) >= 11 is 0. The number of nitrogens with one attached hydrogen (secondary N) is 1. The van der Waals surface area contributed by atoms with Crippen LogP contribution in [-0.2, 0) is 6.54 Å². The third-order valence-corrected chi connectivity index (χ3v) is 6.01. The minimum absolute atomic E-state index is 0.465. The standard InChI is InChI=1S/C23H25N5O2/c1-29-19-11-17-18(12-20(19)30-2)27-22-21(17)25-14-26-23(22)28(16-5-3-4-6-16)13-15-7-9-24-10-8-15/h7-12,14,16,27H,3-6,13H2,1-2H3. The first-order chi connectivity index (χ1) is 14.8. The summed E-state index contributed by atoms with van der Waals surface area (Å²) in [6.07, 6.45) is 10.2. The van der Waals surface area contributed by atoms with E-state index in [-0.39, 0.29) is 0 Å². The second kappa shape index (κ2) is 7.82. The number of aromatic nitrogens is 4. The Balaban J connectivity index is 1.66. The van der Waals surface area contributed by atoms with E-state index < -0.39 is 0 Å². The molecule has 0 saturated heterocycles. The Kier molecular flexibility index (Phi) is 4.86. The molecule has 1 aromatic carbocycles. The third kappa shape index (κ3) is 3.20. The van der Waals surface area contributed by atoms with E-state index in [1.807, 2.05) is 24.5 Å². The Morgan fingerprint density at radius 1 is 1.03 bits per heavy atom. The normalized spacial score (nSPS) is 14.5. The molecule has 0 unspecified atom stereocenters. The maximum Gasteiger partial charge on any atom is 0.162 e. The molecule has 0 atom stereocenters. The van der Waals surface area contributed by atoms with Crippen molar-refractivity contribution in [2.75, 3.05) is 19.1 Å². The number of H-pyrrole nitrogens is 1. The van der Waals surface area contributed by atoms with E-state index in [4.69, 9.17) is 14.5 Å². The van der Waals surface area contributed by atoms with Crippen LogP contribution in [0.3, 0.4) is 0 Å². The maximum absolute atomic E-state index is 5.50. The molecule has 154 valence electrons. The van der Waals surface area contributed by atoms with E-state index in [1.165, 1.54) is 31.2 Å². The van der Waals surface area contributed by atoms with Crippen LogP contribution < -0.4 is 14.4 Å². The molecule has 30 heavy (non-hydrogen) atoms. The van der Waals surface area contributed by atoms with Gasteiger partial charge in [-0.15, -0.1) is 0 Å². The van der Waals surface area contributed by atoms with Gasteiger partial charge in [-0.25, -0.2) is 9.97 Å². The highest BCUT2D eigenvalue weighted by atomic mass is 16.5. The highest BCUT2D eigenvalue weighted by Gasteiger charge is 2.27. The Bertz CT molecular complexity index is 1170. The first-order valence-electron chi connectivity index (χ1n) is 10.3. The van der Waals surface area contributed by atoms with Gasteiger partial charge in [-0.05, 0) is 36.6 Å². The first kappa shape index (κ1) is 18.7. The predicted molar refractivity (Wildman–Crippen MR) is 117 cm³/mol. The van der Waals surface area contributed by atoms with Crippen molar-refractivity contribution in [3.05, 3.63) is 48.5 Å². The van der Waals surface area contributed by atoms with Crippen molar-refractivity contribution >= 4 is 27.8 Å². The Labute approximate surface area is 175 Å². The molecule has 7 heteroatoms. The van der Waals surface area contributed by atoms with E-state index in [9.17, 15) is 0 Å². The predicted octanol–water partition coefficient (Wildman–Crippen LogP) is 4.47. The first-order valence-corrected chi connectivity index (χ1v) is 10.3. The van der Waals surface area contributed by atoms with Crippen molar-refractivity contribution in [2.45, 2.75) is 38.3 Å². The zero-order valence-electron chi connectivity index (χ0n) is 17.3. The van der Waals surface area contributed by atoms with Gasteiger partial charge in [0.2, 0.25) is 0 Å². The summed E-state index contributed by atoms with van der Waals surface area (Å²) in [7, 11) is 3.30. The molecule has 0 aliphatic heterocycles. The van der Waals surface area contributed by atoms with E-state index in [1.54, 1.807) is 20.5 Å². The average Bonchev–Trinajstić information content (AvgIpc) is 3.45. The Morgan fingerprint density at radius 2 is 1.77 bits per heavy atom. The zero-order chi connectivity index (χ0) is 20.5. The fourth-order valence-electron chi connectivity index (χ4n) is 4.50. The third-order valence-electron chi connectivity index (χ3n) is 6.01. The van der Waals surface area contributed by atoms with Crippen molar-refractivity contribution in [2.24, 2.45) is 0 Å². The van der Waals surface area contributed by atoms with Gasteiger partial charge < -0.3 is 19.4 Å². The molecule has 1 aliphatic rings. The van der Waals surface area contributed by atoms with Gasteiger partial charge >= 0.3 is 0 Å². The van der Waals surface area contributed by atoms with Gasteiger partial charge in [0.1, 0.15) is 17.4 Å². The van der Waals surface area contributed by atoms with Gasteiger partial charge in [0.05, 0.1) is 19.7 Å². The Morgan fingerprint density at radius 3 is 2.50 bits per heavy atom. The van der Waals surface area contributed by atoms with Crippen LogP contribution in [0.15, 0.2) is 43.0 Å². The van der Waals surface area contributed by atoms with Crippen LogP contribution in [0.4, 0.5) is 5.82 Å². The molecular weight excluding hydrogens is 378 g/mol. The highest BCUT2D eigenvalue weighted by Crippen LogP contribution is 2.38. The number of benzene rings is 1. The van der Waals surface area contributed by atoms with Gasteiger partial charge in [0, 0.05) is 36.4 Å². The monoisotopic (exact) mass is 403 g/mol. The van der Waals surface area contributed by atoms with Crippen LogP contribution in [0.2, 0.25) is 0 Å². The molecule has 0 amide bonds. The van der Waals surface area contributed by atoms with Crippen LogP contribution in [0, 0.1) is 0 Å². The van der Waals surface area contributed by atoms with E-state index in [0.29, 0.717) is 17.5 Å². The second-order valence-corrected chi connectivity index (χ2v) is 7.72. The van der Waals surface area contributed by atoms with Crippen molar-refractivity contribution < 1.29 is 9.47 Å². The second-order valence-electron chi connectivity index (χ2n) is 7.72. The van der Waals surface area contributed by atoms with Crippen LogP contribution >= 0.6 is 0 Å². The number of methoxy groups -OCH3 is 2. The zero-order valence-corrected chi connectivity index (χ0v) is 17.3. The number of fused-ring (bicyclic) bond motifs is 3. The van der Waals surface area contributed by atoms with Gasteiger partial charge in [0.15, 0.2) is 17.3 Å². The molecule has 1 aliphatic carbocycles. The van der Waals surface area contributed by atoms with Gasteiger partial charge in [-0.1, -0.05) is 12.8 Å². The van der Waals surface area contributed by atoms with Crippen LogP contribution in [0.5, 0.6) is 11.5 Å². The molecule has 1 saturated carbocycles. The molecule has 0 spiro atoms. The van der Waals surface area contributed by atoms with Gasteiger partial charge in [0.25, 0.3) is 0 Å². The molecule has 1 N–H and O–H groups in total. The van der Waals surface area contributed by atoms with Crippen molar-refractivity contribution in [3.63, 3.8) is 0 Å². The number of rotatable bonds is 6. The Hall–Kier alpha value is -3.35. The summed E-state index contributed by atoms with van der Waals surface area (Å²) < 4.78 is 11.0. The summed E-state index contributed by atoms with van der Waals surface area (Å²) in [4.78, 5) is 19.5. The quantitative estimate of drug-likeness (QED) is 0.512. The lowest BCUT2D eigenvalue weighted by atomic mass is 10.1. The lowest BCUT2D eigenvalue weighted by Gasteiger charge is -2.30. The summed E-state index contributed by atoms with van der Waals surface area (Å²) in [5, 5.41) is 1.00. The van der Waals surface area contributed by atoms with Crippen LogP contribution in [-0.4, -0.2) is 40.2 Å². The molecule has 5 rings (SSSR count). The van der Waals surface area contributed by atoms with Gasteiger partial charge in [-0.3, -0.25) is 4.98 Å². The summed E-state index contributed by atoms with van der Waals surface area (Å²) in [5.41, 5.74) is 4.03.